The molecule has 3 rings (SSSR count). The summed E-state index contributed by atoms with van der Waals surface area (Å²) in [4.78, 5) is 18.0. The maximum atomic E-state index is 13.7. The minimum Gasteiger partial charge on any atom is -0.480 e. The van der Waals surface area contributed by atoms with Gasteiger partial charge in [0.2, 0.25) is 0 Å². The number of hydrogen-bond acceptors (Lipinski definition) is 3. The van der Waals surface area contributed by atoms with Gasteiger partial charge in [-0.25, -0.2) is 13.8 Å². The van der Waals surface area contributed by atoms with Crippen LogP contribution in [-0.4, -0.2) is 27.6 Å². The Bertz CT molecular complexity index is 664. The van der Waals surface area contributed by atoms with Gasteiger partial charge < -0.3 is 10.1 Å². The van der Waals surface area contributed by atoms with Crippen LogP contribution >= 0.6 is 0 Å². The van der Waals surface area contributed by atoms with E-state index < -0.39 is 23.6 Å². The number of rotatable bonds is 2. The van der Waals surface area contributed by atoms with E-state index in [4.69, 9.17) is 5.11 Å². The molecule has 1 aromatic carbocycles. The first-order valence-electron chi connectivity index (χ1n) is 6.07. The Labute approximate surface area is 112 Å². The standard InChI is InChI=1S/C13H11F2N3O2/c14-6-2-1-3-7(15)9(6)12-17-8-4-5-16-11(13(19)20)10(8)18-12/h1-3,11,16H,4-5H2,(H,17,18)(H,19,20)/t11-/m1/s1. The Balaban J connectivity index is 2.12. The highest BCUT2D eigenvalue weighted by Gasteiger charge is 2.30. The van der Waals surface area contributed by atoms with E-state index in [1.54, 1.807) is 0 Å². The van der Waals surface area contributed by atoms with Gasteiger partial charge in [0.25, 0.3) is 0 Å². The van der Waals surface area contributed by atoms with Crippen LogP contribution in [0.1, 0.15) is 17.4 Å². The third kappa shape index (κ3) is 1.96. The van der Waals surface area contributed by atoms with Gasteiger partial charge >= 0.3 is 5.97 Å². The quantitative estimate of drug-likeness (QED) is 0.780. The summed E-state index contributed by atoms with van der Waals surface area (Å²) < 4.78 is 27.4. The maximum Gasteiger partial charge on any atom is 0.327 e. The van der Waals surface area contributed by atoms with Gasteiger partial charge in [-0.15, -0.1) is 0 Å². The fourth-order valence-electron chi connectivity index (χ4n) is 2.34. The molecule has 2 heterocycles. The Hall–Kier alpha value is -2.28. The molecule has 20 heavy (non-hydrogen) atoms. The lowest BCUT2D eigenvalue weighted by Crippen LogP contribution is -2.35. The summed E-state index contributed by atoms with van der Waals surface area (Å²) in [7, 11) is 0. The number of aromatic amines is 1. The van der Waals surface area contributed by atoms with Crippen molar-refractivity contribution in [2.24, 2.45) is 0 Å². The Kier molecular flexibility index (Phi) is 2.98. The number of aromatic nitrogens is 2. The molecule has 104 valence electrons. The van der Waals surface area contributed by atoms with Crippen molar-refractivity contribution in [2.45, 2.75) is 12.5 Å². The van der Waals surface area contributed by atoms with Crippen molar-refractivity contribution >= 4 is 5.97 Å². The first-order valence-corrected chi connectivity index (χ1v) is 6.07. The summed E-state index contributed by atoms with van der Waals surface area (Å²) in [5.41, 5.74) is 0.598. The summed E-state index contributed by atoms with van der Waals surface area (Å²) in [6.45, 7) is 0.464. The third-order valence-corrected chi connectivity index (χ3v) is 3.25. The van der Waals surface area contributed by atoms with Gasteiger partial charge in [-0.3, -0.25) is 10.1 Å². The summed E-state index contributed by atoms with van der Waals surface area (Å²) >= 11 is 0. The first kappa shape index (κ1) is 12.7. The Morgan fingerprint density at radius 1 is 1.35 bits per heavy atom. The van der Waals surface area contributed by atoms with Crippen LogP contribution in [0.25, 0.3) is 11.4 Å². The number of imidazole rings is 1. The summed E-state index contributed by atoms with van der Waals surface area (Å²) in [6, 6.07) is 2.57. The summed E-state index contributed by atoms with van der Waals surface area (Å²) in [6.07, 6.45) is 0.530. The number of fused-ring (bicyclic) bond motifs is 1. The number of halogens is 2. The monoisotopic (exact) mass is 279 g/mol. The average Bonchev–Trinajstić information content (AvgIpc) is 2.81. The van der Waals surface area contributed by atoms with E-state index in [0.717, 1.165) is 12.1 Å². The van der Waals surface area contributed by atoms with Crippen LogP contribution in [0.3, 0.4) is 0 Å². The molecule has 3 N–H and O–H groups in total. The smallest absolute Gasteiger partial charge is 0.327 e. The minimum absolute atomic E-state index is 0.0144. The Morgan fingerprint density at radius 2 is 2.05 bits per heavy atom. The molecule has 0 amide bonds. The van der Waals surface area contributed by atoms with Crippen molar-refractivity contribution in [3.05, 3.63) is 41.2 Å². The van der Waals surface area contributed by atoms with Gasteiger partial charge in [-0.2, -0.15) is 0 Å². The third-order valence-electron chi connectivity index (χ3n) is 3.25. The normalized spacial score (nSPS) is 17.8. The molecular formula is C13H11F2N3O2. The highest BCUT2D eigenvalue weighted by atomic mass is 19.1. The van der Waals surface area contributed by atoms with Crippen molar-refractivity contribution in [2.75, 3.05) is 6.54 Å². The maximum absolute atomic E-state index is 13.7. The number of nitrogens with one attached hydrogen (secondary N) is 2. The van der Waals surface area contributed by atoms with Crippen LogP contribution in [0.15, 0.2) is 18.2 Å². The molecule has 0 saturated heterocycles. The lowest BCUT2D eigenvalue weighted by atomic mass is 10.1. The van der Waals surface area contributed by atoms with E-state index in [9.17, 15) is 13.6 Å². The van der Waals surface area contributed by atoms with Gasteiger partial charge in [0.05, 0.1) is 11.3 Å². The zero-order chi connectivity index (χ0) is 14.3. The van der Waals surface area contributed by atoms with Crippen molar-refractivity contribution < 1.29 is 18.7 Å². The molecule has 1 atom stereocenters. The zero-order valence-electron chi connectivity index (χ0n) is 10.3. The van der Waals surface area contributed by atoms with E-state index in [1.807, 2.05) is 0 Å². The number of hydrogen-bond donors (Lipinski definition) is 3. The Morgan fingerprint density at radius 3 is 2.70 bits per heavy atom. The van der Waals surface area contributed by atoms with Crippen LogP contribution in [0, 0.1) is 11.6 Å². The van der Waals surface area contributed by atoms with E-state index >= 15 is 0 Å². The first-order chi connectivity index (χ1) is 9.58. The van der Waals surface area contributed by atoms with Crippen LogP contribution in [-0.2, 0) is 11.2 Å². The van der Waals surface area contributed by atoms with Gasteiger partial charge in [0.15, 0.2) is 6.04 Å². The number of benzene rings is 1. The molecule has 0 fully saturated rings. The molecule has 0 unspecified atom stereocenters. The molecule has 0 radical (unpaired) electrons. The van der Waals surface area contributed by atoms with E-state index in [1.165, 1.54) is 6.07 Å². The predicted octanol–water partition coefficient (Wildman–Crippen LogP) is 1.63. The van der Waals surface area contributed by atoms with Crippen LogP contribution in [0.5, 0.6) is 0 Å². The van der Waals surface area contributed by atoms with Crippen LogP contribution in [0.2, 0.25) is 0 Å². The van der Waals surface area contributed by atoms with E-state index in [2.05, 4.69) is 15.3 Å². The molecule has 5 nitrogen and oxygen atoms in total. The fraction of sp³-hybridized carbons (Fsp3) is 0.231. The van der Waals surface area contributed by atoms with Crippen molar-refractivity contribution in [3.63, 3.8) is 0 Å². The van der Waals surface area contributed by atoms with Crippen LogP contribution in [0.4, 0.5) is 8.78 Å². The number of carboxylic acid groups (broad SMARTS) is 1. The fourth-order valence-corrected chi connectivity index (χ4v) is 2.34. The van der Waals surface area contributed by atoms with E-state index in [-0.39, 0.29) is 17.1 Å². The lowest BCUT2D eigenvalue weighted by molar-refractivity contribution is -0.139. The number of H-pyrrole nitrogens is 1. The molecule has 1 aliphatic heterocycles. The summed E-state index contributed by atoms with van der Waals surface area (Å²) in [5, 5.41) is 11.9. The number of aliphatic carboxylic acids is 1. The van der Waals surface area contributed by atoms with Crippen molar-refractivity contribution in [1.29, 1.82) is 0 Å². The average molecular weight is 279 g/mol. The molecule has 2 aromatic rings. The molecule has 7 heteroatoms. The van der Waals surface area contributed by atoms with Gasteiger partial charge in [-0.1, -0.05) is 6.07 Å². The van der Waals surface area contributed by atoms with Crippen LogP contribution < -0.4 is 5.32 Å². The highest BCUT2D eigenvalue weighted by Crippen LogP contribution is 2.28. The highest BCUT2D eigenvalue weighted by molar-refractivity contribution is 5.76. The van der Waals surface area contributed by atoms with Gasteiger partial charge in [-0.05, 0) is 12.1 Å². The molecule has 0 aliphatic carbocycles. The van der Waals surface area contributed by atoms with Gasteiger partial charge in [0.1, 0.15) is 17.5 Å². The second-order valence-electron chi connectivity index (χ2n) is 4.52. The molecule has 0 bridgehead atoms. The SMILES string of the molecule is O=C(O)[C@@H]1NCCc2[nH]c(-c3c(F)cccc3F)nc21. The van der Waals surface area contributed by atoms with Crippen molar-refractivity contribution in [1.82, 2.24) is 15.3 Å². The second kappa shape index (κ2) is 4.68. The predicted molar refractivity (Wildman–Crippen MR) is 66.0 cm³/mol. The zero-order valence-corrected chi connectivity index (χ0v) is 10.3. The number of nitrogens with zero attached hydrogens (tertiary/aromatic N) is 1. The molecule has 0 spiro atoms. The minimum atomic E-state index is -1.07. The number of carbonyl (C=O) groups is 1. The largest absolute Gasteiger partial charge is 0.480 e. The molecule has 1 aliphatic rings. The molecule has 0 saturated carbocycles. The second-order valence-corrected chi connectivity index (χ2v) is 4.52. The van der Waals surface area contributed by atoms with Crippen molar-refractivity contribution in [3.8, 4) is 11.4 Å². The summed E-state index contributed by atoms with van der Waals surface area (Å²) in [5.74, 6) is -2.54. The van der Waals surface area contributed by atoms with Gasteiger partial charge in [0, 0.05) is 18.7 Å². The topological polar surface area (TPSA) is 78.0 Å². The lowest BCUT2D eigenvalue weighted by Gasteiger charge is -2.18. The van der Waals surface area contributed by atoms with E-state index in [0.29, 0.717) is 18.7 Å². The number of carboxylic acids is 1. The molecular weight excluding hydrogens is 268 g/mol. The molecule has 1 aromatic heterocycles.